The van der Waals surface area contributed by atoms with Crippen molar-refractivity contribution in [2.24, 2.45) is 5.92 Å². The minimum absolute atomic E-state index is 0.0916. The van der Waals surface area contributed by atoms with Gasteiger partial charge in [0.2, 0.25) is 6.41 Å². The van der Waals surface area contributed by atoms with E-state index < -0.39 is 12.0 Å². The monoisotopic (exact) mass is 239 g/mol. The fraction of sp³-hybridized carbons (Fsp3) is 0.333. The van der Waals surface area contributed by atoms with Gasteiger partial charge in [0.05, 0.1) is 12.5 Å². The molecule has 1 aromatic rings. The van der Waals surface area contributed by atoms with Gasteiger partial charge in [-0.1, -0.05) is 37.3 Å². The van der Waals surface area contributed by atoms with Crippen LogP contribution < -0.4 is 0 Å². The lowest BCUT2D eigenvalue weighted by Gasteiger charge is -2.18. The molecule has 0 heterocycles. The van der Waals surface area contributed by atoms with Gasteiger partial charge in [-0.25, -0.2) is 5.06 Å². The summed E-state index contributed by atoms with van der Waals surface area (Å²) in [5.74, 6) is -0.879. The van der Waals surface area contributed by atoms with E-state index in [4.69, 9.17) is 4.84 Å². The Hall–Kier alpha value is -1.75. The summed E-state index contributed by atoms with van der Waals surface area (Å²) in [6.45, 7) is 1.50. The Morgan fingerprint density at radius 1 is 1.47 bits per heavy atom. The Morgan fingerprint density at radius 3 is 2.65 bits per heavy atom. The summed E-state index contributed by atoms with van der Waals surface area (Å²) in [6, 6.07) is 7.78. The van der Waals surface area contributed by atoms with Gasteiger partial charge in [-0.2, -0.15) is 4.39 Å². The maximum absolute atomic E-state index is 12.3. The van der Waals surface area contributed by atoms with Crippen molar-refractivity contribution in [3.8, 4) is 0 Å². The average Bonchev–Trinajstić information content (AvgIpc) is 2.35. The second kappa shape index (κ2) is 6.75. The SMILES string of the molecule is CC(CN(C=O)OCc1ccccc1)C(=O)F. The maximum Gasteiger partial charge on any atom is 0.306 e. The highest BCUT2D eigenvalue weighted by molar-refractivity contribution is 5.71. The van der Waals surface area contributed by atoms with Crippen LogP contribution in [-0.2, 0) is 21.0 Å². The fourth-order valence-electron chi connectivity index (χ4n) is 1.20. The zero-order valence-corrected chi connectivity index (χ0v) is 9.51. The van der Waals surface area contributed by atoms with Crippen molar-refractivity contribution in [2.75, 3.05) is 6.54 Å². The fourth-order valence-corrected chi connectivity index (χ4v) is 1.20. The Balaban J connectivity index is 2.42. The Morgan fingerprint density at radius 2 is 2.12 bits per heavy atom. The summed E-state index contributed by atoms with van der Waals surface area (Å²) in [6.07, 6.45) is 0.433. The molecule has 0 N–H and O–H groups in total. The Kier molecular flexibility index (Phi) is 5.29. The molecule has 4 nitrogen and oxygen atoms in total. The van der Waals surface area contributed by atoms with Gasteiger partial charge < -0.3 is 0 Å². The van der Waals surface area contributed by atoms with E-state index in [1.807, 2.05) is 30.3 Å². The van der Waals surface area contributed by atoms with Gasteiger partial charge in [0.25, 0.3) is 0 Å². The molecule has 0 spiro atoms. The smallest absolute Gasteiger partial charge is 0.276 e. The number of carbonyl (C=O) groups excluding carboxylic acids is 2. The summed E-state index contributed by atoms with van der Waals surface area (Å²) >= 11 is 0. The zero-order valence-electron chi connectivity index (χ0n) is 9.51. The third kappa shape index (κ3) is 4.74. The second-order valence-corrected chi connectivity index (χ2v) is 3.67. The molecule has 92 valence electrons. The van der Waals surface area contributed by atoms with Crippen molar-refractivity contribution in [2.45, 2.75) is 13.5 Å². The molecule has 0 saturated heterocycles. The van der Waals surface area contributed by atoms with Crippen LogP contribution in [0.15, 0.2) is 30.3 Å². The lowest BCUT2D eigenvalue weighted by molar-refractivity contribution is -0.182. The standard InChI is InChI=1S/C12H14FNO3/c1-10(12(13)16)7-14(9-15)17-8-11-5-3-2-4-6-11/h2-6,9-10H,7-8H2,1H3. The molecule has 17 heavy (non-hydrogen) atoms. The highest BCUT2D eigenvalue weighted by atomic mass is 19.1. The van der Waals surface area contributed by atoms with Crippen molar-refractivity contribution in [3.05, 3.63) is 35.9 Å². The average molecular weight is 239 g/mol. The molecular weight excluding hydrogens is 225 g/mol. The van der Waals surface area contributed by atoms with E-state index in [0.717, 1.165) is 10.6 Å². The molecule has 0 aliphatic heterocycles. The molecule has 1 aromatic carbocycles. The molecule has 1 amide bonds. The summed E-state index contributed by atoms with van der Waals surface area (Å²) in [5.41, 5.74) is 0.888. The molecule has 0 saturated carbocycles. The second-order valence-electron chi connectivity index (χ2n) is 3.67. The predicted octanol–water partition coefficient (Wildman–Crippen LogP) is 1.71. The van der Waals surface area contributed by atoms with Crippen molar-refractivity contribution in [1.29, 1.82) is 0 Å². The summed E-state index contributed by atoms with van der Waals surface area (Å²) in [5, 5.41) is 0.926. The number of carbonyl (C=O) groups is 2. The van der Waals surface area contributed by atoms with E-state index in [2.05, 4.69) is 0 Å². The summed E-state index contributed by atoms with van der Waals surface area (Å²) < 4.78 is 12.3. The number of halogens is 1. The molecule has 0 bridgehead atoms. The van der Waals surface area contributed by atoms with E-state index in [0.29, 0.717) is 6.41 Å². The van der Waals surface area contributed by atoms with E-state index in [-0.39, 0.29) is 13.2 Å². The van der Waals surface area contributed by atoms with Gasteiger partial charge in [0, 0.05) is 0 Å². The molecular formula is C12H14FNO3. The number of hydrogen-bond donors (Lipinski definition) is 0. The first-order valence-electron chi connectivity index (χ1n) is 5.21. The Labute approximate surface area is 98.9 Å². The lowest BCUT2D eigenvalue weighted by atomic mass is 10.2. The predicted molar refractivity (Wildman–Crippen MR) is 59.3 cm³/mol. The van der Waals surface area contributed by atoms with E-state index in [1.165, 1.54) is 6.92 Å². The van der Waals surface area contributed by atoms with Crippen molar-refractivity contribution >= 4 is 12.4 Å². The third-order valence-corrected chi connectivity index (χ3v) is 2.20. The third-order valence-electron chi connectivity index (χ3n) is 2.20. The Bertz CT molecular complexity index is 369. The molecule has 0 aliphatic carbocycles. The topological polar surface area (TPSA) is 46.6 Å². The first-order chi connectivity index (χ1) is 8.13. The van der Waals surface area contributed by atoms with Crippen LogP contribution in [0.3, 0.4) is 0 Å². The molecule has 5 heteroatoms. The van der Waals surface area contributed by atoms with Crippen LogP contribution >= 0.6 is 0 Å². The number of amides is 1. The number of nitrogens with zero attached hydrogens (tertiary/aromatic N) is 1. The molecule has 1 atom stereocenters. The van der Waals surface area contributed by atoms with Gasteiger partial charge in [0.15, 0.2) is 0 Å². The summed E-state index contributed by atoms with van der Waals surface area (Å²) in [7, 11) is 0. The van der Waals surface area contributed by atoms with Gasteiger partial charge in [0.1, 0.15) is 6.61 Å². The van der Waals surface area contributed by atoms with Crippen LogP contribution in [0.1, 0.15) is 12.5 Å². The van der Waals surface area contributed by atoms with Gasteiger partial charge >= 0.3 is 6.04 Å². The van der Waals surface area contributed by atoms with E-state index >= 15 is 0 Å². The molecule has 1 rings (SSSR count). The molecule has 0 fully saturated rings. The van der Waals surface area contributed by atoms with Gasteiger partial charge in [-0.3, -0.25) is 14.4 Å². The zero-order chi connectivity index (χ0) is 12.7. The minimum Gasteiger partial charge on any atom is -0.276 e. The number of rotatable bonds is 7. The van der Waals surface area contributed by atoms with Crippen LogP contribution in [0.25, 0.3) is 0 Å². The number of hydrogen-bond acceptors (Lipinski definition) is 3. The highest BCUT2D eigenvalue weighted by Crippen LogP contribution is 2.05. The van der Waals surface area contributed by atoms with Crippen LogP contribution in [0.2, 0.25) is 0 Å². The van der Waals surface area contributed by atoms with Gasteiger partial charge in [-0.05, 0) is 5.56 Å². The van der Waals surface area contributed by atoms with Crippen LogP contribution in [0.4, 0.5) is 4.39 Å². The first-order valence-corrected chi connectivity index (χ1v) is 5.21. The van der Waals surface area contributed by atoms with E-state index in [1.54, 1.807) is 0 Å². The quantitative estimate of drug-likeness (QED) is 0.413. The minimum atomic E-state index is -1.46. The van der Waals surface area contributed by atoms with Crippen molar-refractivity contribution < 1.29 is 18.8 Å². The molecule has 0 radical (unpaired) electrons. The highest BCUT2D eigenvalue weighted by Gasteiger charge is 2.16. The van der Waals surface area contributed by atoms with Crippen LogP contribution in [0, 0.1) is 5.92 Å². The molecule has 0 aromatic heterocycles. The largest absolute Gasteiger partial charge is 0.306 e. The number of benzene rings is 1. The molecule has 1 unspecified atom stereocenters. The van der Waals surface area contributed by atoms with Crippen LogP contribution in [-0.4, -0.2) is 24.1 Å². The van der Waals surface area contributed by atoms with Crippen molar-refractivity contribution in [3.63, 3.8) is 0 Å². The first kappa shape index (κ1) is 13.3. The van der Waals surface area contributed by atoms with E-state index in [9.17, 15) is 14.0 Å². The van der Waals surface area contributed by atoms with Crippen molar-refractivity contribution in [1.82, 2.24) is 5.06 Å². The maximum atomic E-state index is 12.3. The lowest BCUT2D eigenvalue weighted by Crippen LogP contribution is -2.29. The normalized spacial score (nSPS) is 11.9. The van der Waals surface area contributed by atoms with Gasteiger partial charge in [-0.15, -0.1) is 0 Å². The molecule has 0 aliphatic rings. The van der Waals surface area contributed by atoms with Crippen LogP contribution in [0.5, 0.6) is 0 Å². The number of hydroxylamine groups is 2. The summed E-state index contributed by atoms with van der Waals surface area (Å²) in [4.78, 5) is 26.2.